The Hall–Kier alpha value is -3.25. The Kier molecular flexibility index (Phi) is 3.48. The van der Waals surface area contributed by atoms with E-state index in [2.05, 4.69) is 20.3 Å². The van der Waals surface area contributed by atoms with Crippen LogP contribution in [0.4, 0.5) is 15.9 Å². The summed E-state index contributed by atoms with van der Waals surface area (Å²) in [6.45, 7) is 1.84. The van der Waals surface area contributed by atoms with Crippen molar-refractivity contribution in [3.05, 3.63) is 65.3 Å². The third-order valence-corrected chi connectivity index (χ3v) is 5.12. The number of aromatic amines is 1. The van der Waals surface area contributed by atoms with Crippen LogP contribution < -0.4 is 5.32 Å². The Balaban J connectivity index is 1.84. The highest BCUT2D eigenvalue weighted by Gasteiger charge is 2.25. The monoisotopic (exact) mass is 377 g/mol. The van der Waals surface area contributed by atoms with E-state index in [0.717, 1.165) is 28.1 Å². The Morgan fingerprint density at radius 2 is 1.96 bits per heavy atom. The number of hydrogen-bond acceptors (Lipinski definition) is 4. The molecule has 0 spiro atoms. The van der Waals surface area contributed by atoms with Crippen LogP contribution in [0.3, 0.4) is 0 Å². The van der Waals surface area contributed by atoms with Gasteiger partial charge in [-0.1, -0.05) is 17.7 Å². The molecule has 0 fully saturated rings. The highest BCUT2D eigenvalue weighted by molar-refractivity contribution is 6.34. The van der Waals surface area contributed by atoms with Gasteiger partial charge >= 0.3 is 0 Å². The lowest BCUT2D eigenvalue weighted by Crippen LogP contribution is -1.96. The molecule has 1 aliphatic heterocycles. The van der Waals surface area contributed by atoms with Crippen LogP contribution in [0, 0.1) is 12.7 Å². The number of halogens is 2. The molecule has 5 rings (SSSR count). The lowest BCUT2D eigenvalue weighted by Gasteiger charge is -2.08. The standard InChI is InChI=1S/C20H13ClFN5/c1-10-4-5-13(22)15(16(10)21)20-26-17-11-6-8-23-9-14(11)25-19-12(18(17)27-20)3-2-7-24-19/h2-9H,1H3,(H,24,25)(H,26,27). The molecule has 5 nitrogen and oxygen atoms in total. The third kappa shape index (κ3) is 2.41. The number of nitrogens with zero attached hydrogens (tertiary/aromatic N) is 3. The number of nitrogens with one attached hydrogen (secondary N) is 2. The molecule has 1 aromatic carbocycles. The van der Waals surface area contributed by atoms with E-state index in [1.807, 2.05) is 25.1 Å². The summed E-state index contributed by atoms with van der Waals surface area (Å²) in [6.07, 6.45) is 5.13. The van der Waals surface area contributed by atoms with Gasteiger partial charge in [0.1, 0.15) is 23.2 Å². The Bertz CT molecular complexity index is 1140. The molecule has 0 saturated heterocycles. The molecule has 4 aromatic rings. The molecule has 0 aliphatic carbocycles. The summed E-state index contributed by atoms with van der Waals surface area (Å²) in [7, 11) is 0. The molecule has 3 aromatic heterocycles. The van der Waals surface area contributed by atoms with Gasteiger partial charge < -0.3 is 10.3 Å². The second-order valence-electron chi connectivity index (χ2n) is 6.31. The lowest BCUT2D eigenvalue weighted by molar-refractivity contribution is 0.630. The van der Waals surface area contributed by atoms with Crippen molar-refractivity contribution in [3.63, 3.8) is 0 Å². The van der Waals surface area contributed by atoms with Crippen molar-refractivity contribution in [2.45, 2.75) is 6.92 Å². The van der Waals surface area contributed by atoms with Crippen molar-refractivity contribution in [2.24, 2.45) is 0 Å². The predicted molar refractivity (Wildman–Crippen MR) is 103 cm³/mol. The van der Waals surface area contributed by atoms with Crippen LogP contribution in [0.15, 0.2) is 48.9 Å². The van der Waals surface area contributed by atoms with Gasteiger partial charge in [-0.3, -0.25) is 4.98 Å². The summed E-state index contributed by atoms with van der Waals surface area (Å²) < 4.78 is 14.6. The van der Waals surface area contributed by atoms with Gasteiger partial charge in [0.2, 0.25) is 0 Å². The number of fused-ring (bicyclic) bond motifs is 5. The third-order valence-electron chi connectivity index (χ3n) is 4.63. The molecule has 0 atom stereocenters. The van der Waals surface area contributed by atoms with Crippen molar-refractivity contribution in [1.82, 2.24) is 19.9 Å². The highest BCUT2D eigenvalue weighted by Crippen LogP contribution is 2.43. The summed E-state index contributed by atoms with van der Waals surface area (Å²) in [6, 6.07) is 8.70. The number of aromatic nitrogens is 4. The minimum absolute atomic E-state index is 0.263. The average molecular weight is 378 g/mol. The van der Waals surface area contributed by atoms with Gasteiger partial charge in [0.15, 0.2) is 0 Å². The molecular weight excluding hydrogens is 365 g/mol. The maximum Gasteiger partial charge on any atom is 0.143 e. The van der Waals surface area contributed by atoms with E-state index in [9.17, 15) is 4.39 Å². The van der Waals surface area contributed by atoms with E-state index in [1.165, 1.54) is 6.07 Å². The van der Waals surface area contributed by atoms with Crippen LogP contribution in [0.5, 0.6) is 0 Å². The first-order valence-electron chi connectivity index (χ1n) is 8.35. The molecule has 0 radical (unpaired) electrons. The fraction of sp³-hybridized carbons (Fsp3) is 0.0500. The van der Waals surface area contributed by atoms with Crippen molar-refractivity contribution >= 4 is 23.1 Å². The number of benzene rings is 1. The maximum atomic E-state index is 14.6. The Morgan fingerprint density at radius 3 is 2.85 bits per heavy atom. The summed E-state index contributed by atoms with van der Waals surface area (Å²) in [5, 5.41) is 3.64. The van der Waals surface area contributed by atoms with E-state index in [0.29, 0.717) is 22.4 Å². The Labute approximate surface area is 159 Å². The lowest BCUT2D eigenvalue weighted by atomic mass is 10.1. The second kappa shape index (κ2) is 5.89. The fourth-order valence-corrected chi connectivity index (χ4v) is 3.53. The first kappa shape index (κ1) is 16.0. The van der Waals surface area contributed by atoms with Gasteiger partial charge in [-0.25, -0.2) is 14.4 Å². The van der Waals surface area contributed by atoms with Crippen LogP contribution >= 0.6 is 11.6 Å². The quantitative estimate of drug-likeness (QED) is 0.412. The summed E-state index contributed by atoms with van der Waals surface area (Å²) >= 11 is 6.39. The molecule has 0 amide bonds. The number of imidazole rings is 1. The molecule has 2 N–H and O–H groups in total. The molecule has 0 bridgehead atoms. The van der Waals surface area contributed by atoms with Crippen LogP contribution in [-0.2, 0) is 0 Å². The van der Waals surface area contributed by atoms with E-state index >= 15 is 0 Å². The molecule has 0 saturated carbocycles. The summed E-state index contributed by atoms with van der Waals surface area (Å²) in [5.74, 6) is 0.624. The van der Waals surface area contributed by atoms with Gasteiger partial charge in [-0.2, -0.15) is 0 Å². The fourth-order valence-electron chi connectivity index (χ4n) is 3.29. The predicted octanol–water partition coefficient (Wildman–Crippen LogP) is 5.36. The number of pyridine rings is 2. The first-order chi connectivity index (χ1) is 13.1. The van der Waals surface area contributed by atoms with Gasteiger partial charge in [0.05, 0.1) is 28.2 Å². The topological polar surface area (TPSA) is 66.5 Å². The highest BCUT2D eigenvalue weighted by atomic mass is 35.5. The Morgan fingerprint density at radius 1 is 1.07 bits per heavy atom. The van der Waals surface area contributed by atoms with Gasteiger partial charge in [-0.05, 0) is 36.8 Å². The molecule has 27 heavy (non-hydrogen) atoms. The minimum atomic E-state index is -0.422. The van der Waals surface area contributed by atoms with E-state index in [1.54, 1.807) is 24.7 Å². The van der Waals surface area contributed by atoms with Crippen LogP contribution in [-0.4, -0.2) is 19.9 Å². The molecule has 4 heterocycles. The van der Waals surface area contributed by atoms with Gasteiger partial charge in [0, 0.05) is 23.5 Å². The molecule has 1 aliphatic rings. The van der Waals surface area contributed by atoms with Crippen LogP contribution in [0.1, 0.15) is 5.56 Å². The van der Waals surface area contributed by atoms with Crippen LogP contribution in [0.25, 0.3) is 33.9 Å². The van der Waals surface area contributed by atoms with Crippen molar-refractivity contribution in [2.75, 3.05) is 5.32 Å². The molecule has 0 unspecified atom stereocenters. The van der Waals surface area contributed by atoms with Gasteiger partial charge in [0.25, 0.3) is 0 Å². The van der Waals surface area contributed by atoms with Crippen molar-refractivity contribution < 1.29 is 4.39 Å². The molecule has 132 valence electrons. The number of H-pyrrole nitrogens is 1. The maximum absolute atomic E-state index is 14.6. The summed E-state index contributed by atoms with van der Waals surface area (Å²) in [5.41, 5.74) is 4.98. The second-order valence-corrected chi connectivity index (χ2v) is 6.69. The first-order valence-corrected chi connectivity index (χ1v) is 8.73. The van der Waals surface area contributed by atoms with E-state index in [-0.39, 0.29) is 5.56 Å². The van der Waals surface area contributed by atoms with Gasteiger partial charge in [-0.15, -0.1) is 0 Å². The van der Waals surface area contributed by atoms with E-state index < -0.39 is 5.82 Å². The normalized spacial score (nSPS) is 11.8. The zero-order valence-electron chi connectivity index (χ0n) is 14.2. The van der Waals surface area contributed by atoms with Crippen molar-refractivity contribution in [1.29, 1.82) is 0 Å². The van der Waals surface area contributed by atoms with E-state index in [4.69, 9.17) is 16.6 Å². The molecular formula is C20H13ClFN5. The number of rotatable bonds is 1. The van der Waals surface area contributed by atoms with Crippen molar-refractivity contribution in [3.8, 4) is 33.9 Å². The summed E-state index contributed by atoms with van der Waals surface area (Å²) in [4.78, 5) is 16.6. The number of anilines is 2. The zero-order chi connectivity index (χ0) is 18.5. The SMILES string of the molecule is Cc1ccc(F)c(-c2nc3c([nH]2)-c2ccncc2Nc2ncccc2-3)c1Cl. The minimum Gasteiger partial charge on any atom is -0.338 e. The number of hydrogen-bond donors (Lipinski definition) is 2. The number of aryl methyl sites for hydroxylation is 1. The molecule has 7 heteroatoms. The zero-order valence-corrected chi connectivity index (χ0v) is 15.0. The average Bonchev–Trinajstić information content (AvgIpc) is 3.05. The van der Waals surface area contributed by atoms with Crippen LogP contribution in [0.2, 0.25) is 5.02 Å². The largest absolute Gasteiger partial charge is 0.338 e. The smallest absolute Gasteiger partial charge is 0.143 e.